The normalized spacial score (nSPS) is 16.5. The van der Waals surface area contributed by atoms with Crippen molar-refractivity contribution in [2.75, 3.05) is 18.5 Å². The molecule has 1 aromatic rings. The minimum absolute atomic E-state index is 0.160. The van der Waals surface area contributed by atoms with E-state index in [0.717, 1.165) is 29.7 Å². The monoisotopic (exact) mass is 235 g/mol. The van der Waals surface area contributed by atoms with E-state index in [2.05, 4.69) is 5.32 Å². The van der Waals surface area contributed by atoms with Gasteiger partial charge in [0.1, 0.15) is 0 Å². The number of Topliss-reactive ketones (excluding diaryl/α,β-unsaturated/α-hetero) is 1. The Hall–Kier alpha value is -1.39. The van der Waals surface area contributed by atoms with Gasteiger partial charge in [-0.1, -0.05) is 12.1 Å². The Morgan fingerprint density at radius 1 is 1.35 bits per heavy atom. The standard InChI is InChI=1S/C13H17NO3/c15-8-10(16)7-14-11-5-1-3-9-4-2-6-12(17)13(9)11/h1,3,5,10,14-16H,2,4,6-8H2. The van der Waals surface area contributed by atoms with Crippen LogP contribution in [0.1, 0.15) is 28.8 Å². The van der Waals surface area contributed by atoms with Gasteiger partial charge in [-0.3, -0.25) is 4.79 Å². The van der Waals surface area contributed by atoms with Crippen molar-refractivity contribution >= 4 is 11.5 Å². The van der Waals surface area contributed by atoms with Crippen molar-refractivity contribution in [3.8, 4) is 0 Å². The number of carbonyl (C=O) groups excluding carboxylic acids is 1. The number of rotatable bonds is 4. The number of anilines is 1. The van der Waals surface area contributed by atoms with Gasteiger partial charge >= 0.3 is 0 Å². The molecule has 92 valence electrons. The third kappa shape index (κ3) is 2.65. The summed E-state index contributed by atoms with van der Waals surface area (Å²) in [5.41, 5.74) is 2.59. The number of fused-ring (bicyclic) bond motifs is 1. The zero-order chi connectivity index (χ0) is 12.3. The van der Waals surface area contributed by atoms with E-state index in [1.807, 2.05) is 18.2 Å². The number of nitrogens with one attached hydrogen (secondary N) is 1. The number of benzene rings is 1. The first kappa shape index (κ1) is 12.1. The number of aryl methyl sites for hydroxylation is 1. The predicted molar refractivity (Wildman–Crippen MR) is 65.3 cm³/mol. The summed E-state index contributed by atoms with van der Waals surface area (Å²) in [7, 11) is 0. The zero-order valence-corrected chi connectivity index (χ0v) is 9.65. The van der Waals surface area contributed by atoms with Crippen LogP contribution in [0.25, 0.3) is 0 Å². The highest BCUT2D eigenvalue weighted by atomic mass is 16.3. The highest BCUT2D eigenvalue weighted by molar-refractivity contribution is 6.03. The van der Waals surface area contributed by atoms with E-state index in [9.17, 15) is 9.90 Å². The maximum Gasteiger partial charge on any atom is 0.165 e. The first-order chi connectivity index (χ1) is 8.22. The van der Waals surface area contributed by atoms with Gasteiger partial charge in [-0.15, -0.1) is 0 Å². The molecule has 0 radical (unpaired) electrons. The Labute approximate surface area is 100 Å². The maximum atomic E-state index is 11.9. The van der Waals surface area contributed by atoms with E-state index in [4.69, 9.17) is 5.11 Å². The summed E-state index contributed by atoms with van der Waals surface area (Å²) in [6.45, 7) is -0.0315. The number of aliphatic hydroxyl groups is 2. The van der Waals surface area contributed by atoms with Crippen LogP contribution in [0.2, 0.25) is 0 Å². The molecule has 4 heteroatoms. The molecule has 0 heterocycles. The molecular formula is C13H17NO3. The Bertz CT molecular complexity index is 417. The lowest BCUT2D eigenvalue weighted by Gasteiger charge is -2.19. The Morgan fingerprint density at radius 2 is 2.18 bits per heavy atom. The van der Waals surface area contributed by atoms with Crippen molar-refractivity contribution in [2.24, 2.45) is 0 Å². The van der Waals surface area contributed by atoms with Gasteiger partial charge in [0, 0.05) is 24.2 Å². The molecule has 0 spiro atoms. The molecule has 0 amide bonds. The van der Waals surface area contributed by atoms with Crippen LogP contribution in [-0.4, -0.2) is 35.3 Å². The number of hydrogen-bond donors (Lipinski definition) is 3. The van der Waals surface area contributed by atoms with Crippen LogP contribution in [0.3, 0.4) is 0 Å². The Morgan fingerprint density at radius 3 is 2.94 bits per heavy atom. The molecule has 0 saturated carbocycles. The Balaban J connectivity index is 2.20. The summed E-state index contributed by atoms with van der Waals surface area (Å²) >= 11 is 0. The van der Waals surface area contributed by atoms with Crippen LogP contribution in [0.4, 0.5) is 5.69 Å². The maximum absolute atomic E-state index is 11.9. The van der Waals surface area contributed by atoms with Crippen molar-refractivity contribution in [3.63, 3.8) is 0 Å². The fourth-order valence-electron chi connectivity index (χ4n) is 2.14. The van der Waals surface area contributed by atoms with Gasteiger partial charge < -0.3 is 15.5 Å². The lowest BCUT2D eigenvalue weighted by molar-refractivity contribution is 0.0971. The molecule has 1 aliphatic carbocycles. The molecule has 0 aromatic heterocycles. The topological polar surface area (TPSA) is 69.6 Å². The molecule has 3 N–H and O–H groups in total. The van der Waals surface area contributed by atoms with Crippen molar-refractivity contribution in [3.05, 3.63) is 29.3 Å². The third-order valence-electron chi connectivity index (χ3n) is 3.02. The first-order valence-electron chi connectivity index (χ1n) is 5.90. The van der Waals surface area contributed by atoms with Crippen molar-refractivity contribution < 1.29 is 15.0 Å². The SMILES string of the molecule is O=C1CCCc2cccc(NCC(O)CO)c21. The van der Waals surface area contributed by atoms with E-state index < -0.39 is 6.10 Å². The van der Waals surface area contributed by atoms with E-state index >= 15 is 0 Å². The molecule has 1 aliphatic rings. The number of aliphatic hydroxyl groups excluding tert-OH is 2. The van der Waals surface area contributed by atoms with Crippen LogP contribution >= 0.6 is 0 Å². The molecular weight excluding hydrogens is 218 g/mol. The average molecular weight is 235 g/mol. The van der Waals surface area contributed by atoms with Gasteiger partial charge in [0.25, 0.3) is 0 Å². The van der Waals surface area contributed by atoms with Gasteiger partial charge in [0.2, 0.25) is 0 Å². The zero-order valence-electron chi connectivity index (χ0n) is 9.65. The second-order valence-electron chi connectivity index (χ2n) is 4.33. The first-order valence-corrected chi connectivity index (χ1v) is 5.90. The van der Waals surface area contributed by atoms with Gasteiger partial charge in [0.15, 0.2) is 5.78 Å². The van der Waals surface area contributed by atoms with E-state index in [1.54, 1.807) is 0 Å². The summed E-state index contributed by atoms with van der Waals surface area (Å²) < 4.78 is 0. The van der Waals surface area contributed by atoms with Crippen LogP contribution in [0.15, 0.2) is 18.2 Å². The van der Waals surface area contributed by atoms with Crippen LogP contribution in [0.5, 0.6) is 0 Å². The molecule has 1 aromatic carbocycles. The van der Waals surface area contributed by atoms with Crippen molar-refractivity contribution in [2.45, 2.75) is 25.4 Å². The quantitative estimate of drug-likeness (QED) is 0.727. The van der Waals surface area contributed by atoms with Crippen LogP contribution in [-0.2, 0) is 6.42 Å². The highest BCUT2D eigenvalue weighted by Crippen LogP contribution is 2.27. The minimum atomic E-state index is -0.801. The van der Waals surface area contributed by atoms with E-state index in [0.29, 0.717) is 6.42 Å². The van der Waals surface area contributed by atoms with Gasteiger partial charge in [-0.2, -0.15) is 0 Å². The molecule has 1 atom stereocenters. The highest BCUT2D eigenvalue weighted by Gasteiger charge is 2.20. The fourth-order valence-corrected chi connectivity index (χ4v) is 2.14. The van der Waals surface area contributed by atoms with Gasteiger partial charge in [0.05, 0.1) is 12.7 Å². The minimum Gasteiger partial charge on any atom is -0.394 e. The number of ketones is 1. The number of hydrogen-bond acceptors (Lipinski definition) is 4. The molecule has 0 bridgehead atoms. The number of carbonyl (C=O) groups is 1. The molecule has 2 rings (SSSR count). The van der Waals surface area contributed by atoms with Crippen LogP contribution in [0, 0.1) is 0 Å². The van der Waals surface area contributed by atoms with E-state index in [-0.39, 0.29) is 18.9 Å². The molecule has 4 nitrogen and oxygen atoms in total. The molecule has 0 saturated heterocycles. The summed E-state index contributed by atoms with van der Waals surface area (Å²) in [6.07, 6.45) is 1.63. The summed E-state index contributed by atoms with van der Waals surface area (Å²) in [4.78, 5) is 11.9. The van der Waals surface area contributed by atoms with Gasteiger partial charge in [-0.05, 0) is 24.5 Å². The lowest BCUT2D eigenvalue weighted by Crippen LogP contribution is -2.24. The molecule has 0 fully saturated rings. The fraction of sp³-hybridized carbons (Fsp3) is 0.462. The summed E-state index contributed by atoms with van der Waals surface area (Å²) in [5, 5.41) is 21.1. The molecule has 1 unspecified atom stereocenters. The third-order valence-corrected chi connectivity index (χ3v) is 3.02. The smallest absolute Gasteiger partial charge is 0.165 e. The summed E-state index contributed by atoms with van der Waals surface area (Å²) in [5.74, 6) is 0.160. The Kier molecular flexibility index (Phi) is 3.76. The largest absolute Gasteiger partial charge is 0.394 e. The second-order valence-corrected chi connectivity index (χ2v) is 4.33. The van der Waals surface area contributed by atoms with Crippen molar-refractivity contribution in [1.82, 2.24) is 0 Å². The predicted octanol–water partition coefficient (Wildman–Crippen LogP) is 0.971. The second kappa shape index (κ2) is 5.29. The lowest BCUT2D eigenvalue weighted by atomic mass is 9.89. The van der Waals surface area contributed by atoms with Crippen LogP contribution < -0.4 is 5.32 Å². The molecule has 0 aliphatic heterocycles. The average Bonchev–Trinajstić information content (AvgIpc) is 2.36. The van der Waals surface area contributed by atoms with Crippen molar-refractivity contribution in [1.29, 1.82) is 0 Å². The molecule has 17 heavy (non-hydrogen) atoms. The summed E-state index contributed by atoms with van der Waals surface area (Å²) in [6, 6.07) is 5.72. The van der Waals surface area contributed by atoms with Gasteiger partial charge in [-0.25, -0.2) is 0 Å². The van der Waals surface area contributed by atoms with E-state index in [1.165, 1.54) is 0 Å².